The molecule has 0 aliphatic heterocycles. The fraction of sp³-hybridized carbons (Fsp3) is 0.267. The number of pyridine rings is 1. The molecule has 2 aromatic rings. The zero-order valence-electron chi connectivity index (χ0n) is 21.6. The van der Waals surface area contributed by atoms with Gasteiger partial charge in [-0.3, -0.25) is 0 Å². The van der Waals surface area contributed by atoms with Gasteiger partial charge in [0, 0.05) is 36.6 Å². The van der Waals surface area contributed by atoms with Crippen LogP contribution in [0.15, 0.2) is 96.9 Å². The predicted octanol–water partition coefficient (Wildman–Crippen LogP) is 8.21. The van der Waals surface area contributed by atoms with E-state index in [4.69, 9.17) is 4.98 Å². The van der Waals surface area contributed by atoms with Crippen molar-refractivity contribution in [2.45, 2.75) is 39.5 Å². The van der Waals surface area contributed by atoms with Gasteiger partial charge in [-0.2, -0.15) is 0 Å². The van der Waals surface area contributed by atoms with Gasteiger partial charge in [0.1, 0.15) is 5.82 Å². The Bertz CT molecular complexity index is 1170. The van der Waals surface area contributed by atoms with Gasteiger partial charge in [0.2, 0.25) is 0 Å². The molecule has 0 atom stereocenters. The van der Waals surface area contributed by atoms with Crippen LogP contribution < -0.4 is 10.2 Å². The number of rotatable bonds is 15. The van der Waals surface area contributed by atoms with Crippen molar-refractivity contribution in [1.29, 1.82) is 0 Å². The molecule has 0 unspecified atom stereocenters. The Balaban J connectivity index is 2.49. The summed E-state index contributed by atoms with van der Waals surface area (Å²) in [5.74, 6) is 0.896. The molecule has 7 heteroatoms. The van der Waals surface area contributed by atoms with Gasteiger partial charge in [-0.1, -0.05) is 47.5 Å². The second-order valence-electron chi connectivity index (χ2n) is 8.46. The molecule has 1 heterocycles. The first-order chi connectivity index (χ1) is 17.8. The summed E-state index contributed by atoms with van der Waals surface area (Å²) in [6.45, 7) is 17.5. The molecule has 196 valence electrons. The largest absolute Gasteiger partial charge is 0.356 e. The van der Waals surface area contributed by atoms with Gasteiger partial charge in [-0.05, 0) is 78.4 Å². The smallest absolute Gasteiger partial charge is 0.257 e. The van der Waals surface area contributed by atoms with Gasteiger partial charge < -0.3 is 10.2 Å². The maximum atomic E-state index is 12.7. The van der Waals surface area contributed by atoms with Crippen molar-refractivity contribution in [3.8, 4) is 11.1 Å². The van der Waals surface area contributed by atoms with Crippen LogP contribution in [-0.2, 0) is 6.42 Å². The van der Waals surface area contributed by atoms with Crippen LogP contribution >= 0.6 is 0 Å². The van der Waals surface area contributed by atoms with Crippen molar-refractivity contribution in [2.75, 3.05) is 23.3 Å². The lowest BCUT2D eigenvalue weighted by Crippen LogP contribution is -2.26. The summed E-state index contributed by atoms with van der Waals surface area (Å²) in [5, 5.41) is 5.56. The van der Waals surface area contributed by atoms with Crippen LogP contribution in [0.3, 0.4) is 0 Å². The number of aryl methyl sites for hydroxylation is 1. The normalized spacial score (nSPS) is 11.9. The monoisotopic (exact) mass is 508 g/mol. The zero-order chi connectivity index (χ0) is 27.2. The zero-order valence-corrected chi connectivity index (χ0v) is 21.6. The molecule has 1 aromatic heterocycles. The number of nitrogens with one attached hydrogen (secondary N) is 1. The van der Waals surface area contributed by atoms with E-state index in [1.165, 1.54) is 12.2 Å². The molecule has 0 amide bonds. The van der Waals surface area contributed by atoms with Gasteiger partial charge in [0.05, 0.1) is 6.21 Å². The van der Waals surface area contributed by atoms with Crippen LogP contribution in [0, 0.1) is 6.92 Å². The Morgan fingerprint density at radius 3 is 2.59 bits per heavy atom. The van der Waals surface area contributed by atoms with E-state index < -0.39 is 6.43 Å². The highest BCUT2D eigenvalue weighted by Gasteiger charge is 2.13. The van der Waals surface area contributed by atoms with Crippen LogP contribution in [0.5, 0.6) is 0 Å². The van der Waals surface area contributed by atoms with Crippen LogP contribution in [0.2, 0.25) is 0 Å². The molecule has 0 fully saturated rings. The number of hydrogen-bond donors (Lipinski definition) is 1. The number of aromatic nitrogens is 1. The van der Waals surface area contributed by atoms with Gasteiger partial charge in [-0.15, -0.1) is 13.2 Å². The standard InChI is InChI=1S/C30H35F3N4/c1-6-9-18-37(17-8-3)30-20-25(19-26(36-30)10-7-2)28-21-27(13-11-22(28)4)35-23(5)24(15-16-34-33)12-14-29(31)32/h6-7,11-16,19-21,29,35H,1-2,5,8-10,17-18H2,3-4H3/b14-12+,24-15+,34-16?. The molecule has 1 N–H and O–H groups in total. The van der Waals surface area contributed by atoms with E-state index in [2.05, 4.69) is 54.2 Å². The number of hydrogen-bond acceptors (Lipinski definition) is 4. The first-order valence-electron chi connectivity index (χ1n) is 12.2. The van der Waals surface area contributed by atoms with Crippen LogP contribution in [0.4, 0.5) is 24.8 Å². The molecule has 1 aromatic carbocycles. The lowest BCUT2D eigenvalue weighted by Gasteiger charge is -2.24. The van der Waals surface area contributed by atoms with Crippen molar-refractivity contribution >= 4 is 17.7 Å². The third kappa shape index (κ3) is 9.26. The summed E-state index contributed by atoms with van der Waals surface area (Å²) in [6.07, 6.45) is 7.61. The highest BCUT2D eigenvalue weighted by atomic mass is 19.3. The number of halogens is 3. The number of allylic oxidation sites excluding steroid dienone is 4. The summed E-state index contributed by atoms with van der Waals surface area (Å²) >= 11 is 0. The lowest BCUT2D eigenvalue weighted by atomic mass is 9.98. The molecule has 0 aliphatic carbocycles. The molecule has 0 aliphatic rings. The summed E-state index contributed by atoms with van der Waals surface area (Å²) in [4.78, 5) is 7.14. The number of nitrogens with zero attached hydrogens (tertiary/aromatic N) is 3. The minimum Gasteiger partial charge on any atom is -0.356 e. The van der Waals surface area contributed by atoms with Crippen LogP contribution in [0.1, 0.15) is 31.0 Å². The first-order valence-corrected chi connectivity index (χ1v) is 12.2. The molecular weight excluding hydrogens is 473 g/mol. The summed E-state index contributed by atoms with van der Waals surface area (Å²) in [6, 6.07) is 9.96. The summed E-state index contributed by atoms with van der Waals surface area (Å²) < 4.78 is 37.7. The van der Waals surface area contributed by atoms with Gasteiger partial charge in [-0.25, -0.2) is 13.8 Å². The van der Waals surface area contributed by atoms with Crippen molar-refractivity contribution in [3.05, 3.63) is 103 Å². The quantitative estimate of drug-likeness (QED) is 0.150. The number of alkyl halides is 2. The topological polar surface area (TPSA) is 40.5 Å². The highest BCUT2D eigenvalue weighted by Crippen LogP contribution is 2.31. The SMILES string of the molecule is C=CCCN(CCC)c1cc(-c2cc(NC(=C)C(/C=C/C(F)F)=C/C=NF)ccc2C)cc(CC=C)n1. The average Bonchev–Trinajstić information content (AvgIpc) is 2.87. The maximum absolute atomic E-state index is 12.7. The molecular formula is C30H35F3N4. The van der Waals surface area contributed by atoms with Crippen LogP contribution in [0.25, 0.3) is 11.1 Å². The second kappa shape index (κ2) is 15.3. The van der Waals surface area contributed by atoms with E-state index in [1.807, 2.05) is 37.3 Å². The Morgan fingerprint density at radius 2 is 1.95 bits per heavy atom. The number of anilines is 2. The van der Waals surface area contributed by atoms with E-state index in [9.17, 15) is 13.3 Å². The third-order valence-electron chi connectivity index (χ3n) is 5.56. The molecule has 0 saturated carbocycles. The third-order valence-corrected chi connectivity index (χ3v) is 5.56. The van der Waals surface area contributed by atoms with Crippen molar-refractivity contribution in [3.63, 3.8) is 0 Å². The Kier molecular flexibility index (Phi) is 12.1. The predicted molar refractivity (Wildman–Crippen MR) is 151 cm³/mol. The minimum absolute atomic E-state index is 0.278. The summed E-state index contributed by atoms with van der Waals surface area (Å²) in [7, 11) is 0. The molecule has 4 nitrogen and oxygen atoms in total. The minimum atomic E-state index is -2.64. The fourth-order valence-electron chi connectivity index (χ4n) is 3.80. The van der Waals surface area contributed by atoms with E-state index in [0.29, 0.717) is 23.9 Å². The van der Waals surface area contributed by atoms with Gasteiger partial charge in [0.25, 0.3) is 6.43 Å². The fourth-order valence-corrected chi connectivity index (χ4v) is 3.80. The van der Waals surface area contributed by atoms with E-state index in [1.54, 1.807) is 0 Å². The average molecular weight is 509 g/mol. The molecule has 37 heavy (non-hydrogen) atoms. The van der Waals surface area contributed by atoms with Crippen molar-refractivity contribution in [2.24, 2.45) is 5.21 Å². The Labute approximate surface area is 218 Å². The van der Waals surface area contributed by atoms with Crippen molar-refractivity contribution in [1.82, 2.24) is 4.98 Å². The molecule has 0 saturated heterocycles. The summed E-state index contributed by atoms with van der Waals surface area (Å²) in [5.41, 5.74) is 5.28. The van der Waals surface area contributed by atoms with Crippen molar-refractivity contribution < 1.29 is 13.3 Å². The maximum Gasteiger partial charge on any atom is 0.257 e. The van der Waals surface area contributed by atoms with Gasteiger partial charge >= 0.3 is 0 Å². The van der Waals surface area contributed by atoms with E-state index in [0.717, 1.165) is 60.3 Å². The van der Waals surface area contributed by atoms with Gasteiger partial charge in [0.15, 0.2) is 0 Å². The first kappa shape index (κ1) is 29.4. The van der Waals surface area contributed by atoms with Crippen LogP contribution in [-0.4, -0.2) is 30.7 Å². The lowest BCUT2D eigenvalue weighted by molar-refractivity contribution is 0.204. The van der Waals surface area contributed by atoms with E-state index in [-0.39, 0.29) is 5.57 Å². The van der Waals surface area contributed by atoms with E-state index >= 15 is 0 Å². The number of benzene rings is 1. The molecule has 0 radical (unpaired) electrons. The Hall–Kier alpha value is -3.87. The second-order valence-corrected chi connectivity index (χ2v) is 8.46. The molecule has 0 bridgehead atoms. The highest BCUT2D eigenvalue weighted by molar-refractivity contribution is 5.77. The Morgan fingerprint density at radius 1 is 1.16 bits per heavy atom. The molecule has 2 rings (SSSR count). The molecule has 0 spiro atoms.